The fraction of sp³-hybridized carbons (Fsp3) is 0.500. The number of amides is 1. The lowest BCUT2D eigenvalue weighted by Crippen LogP contribution is -2.62. The molecular formula is C14H16F3NO2. The third-order valence-corrected chi connectivity index (χ3v) is 3.77. The van der Waals surface area contributed by atoms with Crippen LogP contribution in [0.5, 0.6) is 0 Å². The van der Waals surface area contributed by atoms with Gasteiger partial charge in [-0.05, 0) is 13.3 Å². The van der Waals surface area contributed by atoms with Crippen molar-refractivity contribution in [2.75, 3.05) is 13.7 Å². The molecule has 0 radical (unpaired) electrons. The maximum atomic E-state index is 13.6. The van der Waals surface area contributed by atoms with E-state index in [1.54, 1.807) is 13.0 Å². The smallest absolute Gasteiger partial charge is 0.356 e. The van der Waals surface area contributed by atoms with Crippen LogP contribution in [0.3, 0.4) is 0 Å². The van der Waals surface area contributed by atoms with Gasteiger partial charge in [-0.15, -0.1) is 0 Å². The molecule has 2 rings (SSSR count). The molecule has 0 saturated carbocycles. The highest BCUT2D eigenvalue weighted by atomic mass is 19.4. The van der Waals surface area contributed by atoms with Gasteiger partial charge in [0.05, 0.1) is 0 Å². The number of likely N-dealkylation sites (tertiary alicyclic amines) is 1. The van der Waals surface area contributed by atoms with Crippen molar-refractivity contribution in [2.24, 2.45) is 0 Å². The molecule has 1 saturated heterocycles. The van der Waals surface area contributed by atoms with E-state index in [9.17, 15) is 18.0 Å². The predicted octanol–water partition coefficient (Wildman–Crippen LogP) is 2.71. The van der Waals surface area contributed by atoms with Crippen molar-refractivity contribution in [1.82, 2.24) is 4.90 Å². The van der Waals surface area contributed by atoms with Gasteiger partial charge in [-0.25, -0.2) is 0 Å². The van der Waals surface area contributed by atoms with Crippen LogP contribution in [0.4, 0.5) is 13.2 Å². The van der Waals surface area contributed by atoms with Gasteiger partial charge in [0, 0.05) is 25.3 Å². The minimum Gasteiger partial charge on any atom is -0.356 e. The molecule has 0 spiro atoms. The Labute approximate surface area is 115 Å². The molecule has 0 N–H and O–H groups in total. The quantitative estimate of drug-likeness (QED) is 0.855. The highest BCUT2D eigenvalue weighted by molar-refractivity contribution is 5.88. The summed E-state index contributed by atoms with van der Waals surface area (Å²) in [7, 11) is 0.919. The van der Waals surface area contributed by atoms with Crippen molar-refractivity contribution in [3.63, 3.8) is 0 Å². The Bertz CT molecular complexity index is 489. The van der Waals surface area contributed by atoms with Gasteiger partial charge in [0.2, 0.25) is 0 Å². The number of rotatable bonds is 3. The number of benzene rings is 1. The van der Waals surface area contributed by atoms with Crippen LogP contribution < -0.4 is 0 Å². The molecular weight excluding hydrogens is 271 g/mol. The van der Waals surface area contributed by atoms with E-state index in [0.29, 0.717) is 13.0 Å². The molecule has 110 valence electrons. The van der Waals surface area contributed by atoms with E-state index in [2.05, 4.69) is 0 Å². The number of methoxy groups -OCH3 is 1. The maximum Gasteiger partial charge on any atom is 0.430 e. The third-order valence-electron chi connectivity index (χ3n) is 3.77. The highest BCUT2D eigenvalue weighted by Gasteiger charge is 2.64. The Morgan fingerprint density at radius 2 is 1.90 bits per heavy atom. The Morgan fingerprint density at radius 3 is 2.25 bits per heavy atom. The van der Waals surface area contributed by atoms with Gasteiger partial charge in [-0.3, -0.25) is 4.79 Å². The SMILES string of the molecule is CO[C@@](C(=O)N1CC[C@H]1C)(c1ccccc1)C(F)(F)F. The average molecular weight is 287 g/mol. The summed E-state index contributed by atoms with van der Waals surface area (Å²) >= 11 is 0. The Morgan fingerprint density at radius 1 is 1.30 bits per heavy atom. The topological polar surface area (TPSA) is 29.5 Å². The lowest BCUT2D eigenvalue weighted by atomic mass is 9.88. The highest BCUT2D eigenvalue weighted by Crippen LogP contribution is 2.44. The number of carbonyl (C=O) groups is 1. The van der Waals surface area contributed by atoms with E-state index in [1.165, 1.54) is 29.2 Å². The van der Waals surface area contributed by atoms with Gasteiger partial charge in [0.15, 0.2) is 0 Å². The molecule has 1 amide bonds. The lowest BCUT2D eigenvalue weighted by molar-refractivity contribution is -0.272. The summed E-state index contributed by atoms with van der Waals surface area (Å²) in [4.78, 5) is 13.6. The van der Waals surface area contributed by atoms with Crippen LogP contribution in [0, 0.1) is 0 Å². The fourth-order valence-electron chi connectivity index (χ4n) is 2.42. The molecule has 0 aliphatic carbocycles. The zero-order valence-electron chi connectivity index (χ0n) is 11.3. The summed E-state index contributed by atoms with van der Waals surface area (Å²) in [5.74, 6) is -1.04. The second-order valence-electron chi connectivity index (χ2n) is 4.89. The zero-order valence-corrected chi connectivity index (χ0v) is 11.3. The van der Waals surface area contributed by atoms with Crippen LogP contribution in [-0.4, -0.2) is 36.7 Å². The number of alkyl halides is 3. The van der Waals surface area contributed by atoms with E-state index in [1.807, 2.05) is 0 Å². The van der Waals surface area contributed by atoms with Gasteiger partial charge < -0.3 is 9.64 Å². The van der Waals surface area contributed by atoms with Gasteiger partial charge in [-0.1, -0.05) is 30.3 Å². The number of nitrogens with zero attached hydrogens (tertiary/aromatic N) is 1. The van der Waals surface area contributed by atoms with E-state index < -0.39 is 17.7 Å². The van der Waals surface area contributed by atoms with Crippen molar-refractivity contribution >= 4 is 5.91 Å². The molecule has 0 unspecified atom stereocenters. The van der Waals surface area contributed by atoms with Crippen LogP contribution in [0.15, 0.2) is 30.3 Å². The van der Waals surface area contributed by atoms with Crippen LogP contribution in [0.25, 0.3) is 0 Å². The van der Waals surface area contributed by atoms with E-state index in [-0.39, 0.29) is 11.6 Å². The van der Waals surface area contributed by atoms with Gasteiger partial charge in [0.1, 0.15) is 0 Å². The van der Waals surface area contributed by atoms with E-state index in [0.717, 1.165) is 7.11 Å². The number of carbonyl (C=O) groups excluding carboxylic acids is 1. The van der Waals surface area contributed by atoms with Crippen molar-refractivity contribution in [1.29, 1.82) is 0 Å². The summed E-state index contributed by atoms with van der Waals surface area (Å²) in [5.41, 5.74) is -3.12. The molecule has 1 aliphatic heterocycles. The maximum absolute atomic E-state index is 13.6. The summed E-state index contributed by atoms with van der Waals surface area (Å²) in [6.07, 6.45) is -4.12. The second kappa shape index (κ2) is 5.09. The van der Waals surface area contributed by atoms with E-state index in [4.69, 9.17) is 4.74 Å². The largest absolute Gasteiger partial charge is 0.430 e. The van der Waals surface area contributed by atoms with Crippen LogP contribution in [0.2, 0.25) is 0 Å². The Hall–Kier alpha value is -1.56. The van der Waals surface area contributed by atoms with Crippen molar-refractivity contribution in [3.8, 4) is 0 Å². The molecule has 1 aliphatic rings. The first-order valence-corrected chi connectivity index (χ1v) is 6.33. The number of halogens is 3. The van der Waals surface area contributed by atoms with Gasteiger partial charge >= 0.3 is 6.18 Å². The lowest BCUT2D eigenvalue weighted by Gasteiger charge is -2.45. The molecule has 0 bridgehead atoms. The Balaban J connectivity index is 2.52. The summed E-state index contributed by atoms with van der Waals surface area (Å²) < 4.78 is 45.5. The predicted molar refractivity (Wildman–Crippen MR) is 67.0 cm³/mol. The molecule has 6 heteroatoms. The minimum atomic E-state index is -4.82. The molecule has 2 atom stereocenters. The molecule has 1 heterocycles. The fourth-order valence-corrected chi connectivity index (χ4v) is 2.42. The first kappa shape index (κ1) is 14.8. The average Bonchev–Trinajstić information content (AvgIpc) is 2.38. The van der Waals surface area contributed by atoms with Crippen LogP contribution in [0.1, 0.15) is 18.9 Å². The monoisotopic (exact) mass is 287 g/mol. The molecule has 1 aromatic carbocycles. The van der Waals surface area contributed by atoms with E-state index >= 15 is 0 Å². The summed E-state index contributed by atoms with van der Waals surface area (Å²) in [6.45, 7) is 2.05. The first-order valence-electron chi connectivity index (χ1n) is 6.33. The standard InChI is InChI=1S/C14H16F3NO2/c1-10-8-9-18(10)12(19)13(20-2,14(15,16)17)11-6-4-3-5-7-11/h3-7,10H,8-9H2,1-2H3/t10-,13-/m1/s1. The first-order chi connectivity index (χ1) is 9.34. The molecule has 20 heavy (non-hydrogen) atoms. The molecule has 1 aromatic rings. The number of hydrogen-bond donors (Lipinski definition) is 0. The zero-order chi connectivity index (χ0) is 15.0. The van der Waals surface area contributed by atoms with Crippen molar-refractivity contribution < 1.29 is 22.7 Å². The van der Waals surface area contributed by atoms with Crippen LogP contribution in [-0.2, 0) is 15.1 Å². The molecule has 0 aromatic heterocycles. The summed E-state index contributed by atoms with van der Waals surface area (Å²) in [6, 6.07) is 6.85. The molecule has 1 fully saturated rings. The van der Waals surface area contributed by atoms with Gasteiger partial charge in [-0.2, -0.15) is 13.2 Å². The number of ether oxygens (including phenoxy) is 1. The van der Waals surface area contributed by atoms with Crippen molar-refractivity contribution in [2.45, 2.75) is 31.2 Å². The normalized spacial score (nSPS) is 22.1. The van der Waals surface area contributed by atoms with Crippen LogP contribution >= 0.6 is 0 Å². The van der Waals surface area contributed by atoms with Crippen molar-refractivity contribution in [3.05, 3.63) is 35.9 Å². The summed E-state index contributed by atoms with van der Waals surface area (Å²) in [5, 5.41) is 0. The minimum absolute atomic E-state index is 0.192. The number of hydrogen-bond acceptors (Lipinski definition) is 2. The van der Waals surface area contributed by atoms with Gasteiger partial charge in [0.25, 0.3) is 11.5 Å². The molecule has 3 nitrogen and oxygen atoms in total. The second-order valence-corrected chi connectivity index (χ2v) is 4.89. The Kier molecular flexibility index (Phi) is 3.77. The third kappa shape index (κ3) is 2.08.